The molecular weight excluding hydrogens is 321 g/mol. The first-order valence-corrected chi connectivity index (χ1v) is 9.07. The molecule has 5 nitrogen and oxygen atoms in total. The Balaban J connectivity index is 1.68. The maximum Gasteiger partial charge on any atom is 0.240 e. The summed E-state index contributed by atoms with van der Waals surface area (Å²) in [5.74, 6) is -0.528. The van der Waals surface area contributed by atoms with E-state index in [4.69, 9.17) is 11.5 Å². The molecule has 0 aromatic heterocycles. The molecule has 1 aliphatic heterocycles. The zero-order valence-electron chi connectivity index (χ0n) is 14.4. The van der Waals surface area contributed by atoms with Gasteiger partial charge in [0.1, 0.15) is 11.9 Å². The number of nitrogens with two attached hydrogens (primary N) is 2. The standard InChI is InChI=1S/C19H26FN3O2/c20-15-7-3-1-5-12(15)9-14(21)11-18(24)23-16-8-4-2-6-13(16)10-17(23)19(22)25/h1,3,5,7,13-14,16-17H,2,4,6,8-11,21H2,(H2,22,25)/t13?,14-,16?,17+/m1/s1. The topological polar surface area (TPSA) is 89.4 Å². The van der Waals surface area contributed by atoms with Crippen molar-refractivity contribution >= 4 is 11.8 Å². The zero-order valence-corrected chi connectivity index (χ0v) is 14.4. The van der Waals surface area contributed by atoms with Crippen LogP contribution in [-0.4, -0.2) is 34.8 Å². The monoisotopic (exact) mass is 347 g/mol. The van der Waals surface area contributed by atoms with Gasteiger partial charge in [-0.1, -0.05) is 31.0 Å². The van der Waals surface area contributed by atoms with Gasteiger partial charge in [-0.15, -0.1) is 0 Å². The summed E-state index contributed by atoms with van der Waals surface area (Å²) in [7, 11) is 0. The van der Waals surface area contributed by atoms with Crippen molar-refractivity contribution in [3.05, 3.63) is 35.6 Å². The first-order valence-electron chi connectivity index (χ1n) is 9.07. The second-order valence-electron chi connectivity index (χ2n) is 7.33. The van der Waals surface area contributed by atoms with Crippen molar-refractivity contribution in [1.82, 2.24) is 4.90 Å². The Morgan fingerprint density at radius 3 is 2.68 bits per heavy atom. The van der Waals surface area contributed by atoms with E-state index in [1.54, 1.807) is 23.1 Å². The van der Waals surface area contributed by atoms with Crippen LogP contribution in [-0.2, 0) is 16.0 Å². The van der Waals surface area contributed by atoms with Crippen molar-refractivity contribution in [3.63, 3.8) is 0 Å². The number of carbonyl (C=O) groups is 2. The Hall–Kier alpha value is -1.95. The number of amides is 2. The van der Waals surface area contributed by atoms with Gasteiger partial charge in [0.05, 0.1) is 0 Å². The Morgan fingerprint density at radius 2 is 1.96 bits per heavy atom. The zero-order chi connectivity index (χ0) is 18.0. The van der Waals surface area contributed by atoms with Crippen LogP contribution in [0.4, 0.5) is 4.39 Å². The van der Waals surface area contributed by atoms with Crippen molar-refractivity contribution in [3.8, 4) is 0 Å². The smallest absolute Gasteiger partial charge is 0.240 e. The van der Waals surface area contributed by atoms with E-state index in [9.17, 15) is 14.0 Å². The van der Waals surface area contributed by atoms with Crippen molar-refractivity contribution in [1.29, 1.82) is 0 Å². The third-order valence-corrected chi connectivity index (χ3v) is 5.58. The fourth-order valence-electron chi connectivity index (χ4n) is 4.42. The molecule has 136 valence electrons. The van der Waals surface area contributed by atoms with Gasteiger partial charge in [-0.05, 0) is 43.2 Å². The lowest BCUT2D eigenvalue weighted by Gasteiger charge is -2.34. The summed E-state index contributed by atoms with van der Waals surface area (Å²) in [5.41, 5.74) is 12.1. The number of hydrogen-bond acceptors (Lipinski definition) is 3. The van der Waals surface area contributed by atoms with Gasteiger partial charge in [-0.2, -0.15) is 0 Å². The second-order valence-corrected chi connectivity index (χ2v) is 7.33. The van der Waals surface area contributed by atoms with Crippen LogP contribution in [0.1, 0.15) is 44.1 Å². The molecule has 25 heavy (non-hydrogen) atoms. The third-order valence-electron chi connectivity index (χ3n) is 5.58. The number of rotatable bonds is 5. The van der Waals surface area contributed by atoms with E-state index in [1.807, 2.05) is 0 Å². The summed E-state index contributed by atoms with van der Waals surface area (Å²) in [6.07, 6.45) is 5.22. The van der Waals surface area contributed by atoms with Crippen LogP contribution >= 0.6 is 0 Å². The average Bonchev–Trinajstić information content (AvgIpc) is 2.97. The van der Waals surface area contributed by atoms with E-state index in [0.29, 0.717) is 24.3 Å². The minimum Gasteiger partial charge on any atom is -0.368 e. The number of carbonyl (C=O) groups excluding carboxylic acids is 2. The van der Waals surface area contributed by atoms with E-state index in [-0.39, 0.29) is 24.2 Å². The molecule has 6 heteroatoms. The number of halogens is 1. The molecule has 1 saturated carbocycles. The highest BCUT2D eigenvalue weighted by molar-refractivity contribution is 5.88. The highest BCUT2D eigenvalue weighted by atomic mass is 19.1. The highest BCUT2D eigenvalue weighted by Gasteiger charge is 2.46. The van der Waals surface area contributed by atoms with Gasteiger partial charge in [-0.3, -0.25) is 9.59 Å². The molecule has 4 N–H and O–H groups in total. The maximum atomic E-state index is 13.8. The largest absolute Gasteiger partial charge is 0.368 e. The number of fused-ring (bicyclic) bond motifs is 1. The van der Waals surface area contributed by atoms with Crippen LogP contribution in [0.3, 0.4) is 0 Å². The van der Waals surface area contributed by atoms with Crippen molar-refractivity contribution in [2.24, 2.45) is 17.4 Å². The van der Waals surface area contributed by atoms with Crippen LogP contribution in [0.25, 0.3) is 0 Å². The molecule has 2 amide bonds. The molecular formula is C19H26FN3O2. The van der Waals surface area contributed by atoms with E-state index >= 15 is 0 Å². The predicted octanol–water partition coefficient (Wildman–Crippen LogP) is 1.73. The van der Waals surface area contributed by atoms with Crippen LogP contribution in [0, 0.1) is 11.7 Å². The van der Waals surface area contributed by atoms with Crippen molar-refractivity contribution in [2.75, 3.05) is 0 Å². The highest BCUT2D eigenvalue weighted by Crippen LogP contribution is 2.40. The molecule has 2 fully saturated rings. The predicted molar refractivity (Wildman–Crippen MR) is 92.9 cm³/mol. The van der Waals surface area contributed by atoms with Gasteiger partial charge in [0.25, 0.3) is 0 Å². The van der Waals surface area contributed by atoms with Gasteiger partial charge in [0.2, 0.25) is 11.8 Å². The fourth-order valence-corrected chi connectivity index (χ4v) is 4.42. The summed E-state index contributed by atoms with van der Waals surface area (Å²) in [6, 6.07) is 5.53. The Bertz CT molecular complexity index is 651. The van der Waals surface area contributed by atoms with Crippen LogP contribution in [0.15, 0.2) is 24.3 Å². The van der Waals surface area contributed by atoms with E-state index in [1.165, 1.54) is 6.07 Å². The van der Waals surface area contributed by atoms with Gasteiger partial charge in [0.15, 0.2) is 0 Å². The van der Waals surface area contributed by atoms with Crippen LogP contribution in [0.5, 0.6) is 0 Å². The molecule has 1 aromatic rings. The van der Waals surface area contributed by atoms with Crippen molar-refractivity contribution < 1.29 is 14.0 Å². The minimum atomic E-state index is -0.527. The molecule has 1 aliphatic carbocycles. The lowest BCUT2D eigenvalue weighted by molar-refractivity contribution is -0.140. The molecule has 4 atom stereocenters. The lowest BCUT2D eigenvalue weighted by atomic mass is 9.84. The number of likely N-dealkylation sites (tertiary alicyclic amines) is 1. The van der Waals surface area contributed by atoms with Gasteiger partial charge in [0, 0.05) is 18.5 Å². The van der Waals surface area contributed by atoms with Crippen molar-refractivity contribution in [2.45, 2.75) is 63.1 Å². The number of nitrogens with zero attached hydrogens (tertiary/aromatic N) is 1. The molecule has 0 bridgehead atoms. The molecule has 0 spiro atoms. The van der Waals surface area contributed by atoms with E-state index in [2.05, 4.69) is 0 Å². The van der Waals surface area contributed by atoms with Gasteiger partial charge < -0.3 is 16.4 Å². The first kappa shape index (κ1) is 17.9. The number of hydrogen-bond donors (Lipinski definition) is 2. The fraction of sp³-hybridized carbons (Fsp3) is 0.579. The number of benzene rings is 1. The average molecular weight is 347 g/mol. The molecule has 2 unspecified atom stereocenters. The van der Waals surface area contributed by atoms with Gasteiger partial charge >= 0.3 is 0 Å². The molecule has 1 heterocycles. The molecule has 2 aliphatic rings. The molecule has 1 aromatic carbocycles. The summed E-state index contributed by atoms with van der Waals surface area (Å²) in [4.78, 5) is 26.4. The van der Waals surface area contributed by atoms with Gasteiger partial charge in [-0.25, -0.2) is 4.39 Å². The SMILES string of the molecule is NC(=O)[C@@H]1CC2CCCCC2N1C(=O)C[C@H](N)Cc1ccccc1F. The van der Waals surface area contributed by atoms with E-state index < -0.39 is 18.0 Å². The normalized spacial score (nSPS) is 27.0. The molecule has 0 radical (unpaired) electrons. The van der Waals surface area contributed by atoms with Crippen LogP contribution < -0.4 is 11.5 Å². The first-order chi connectivity index (χ1) is 12.0. The minimum absolute atomic E-state index is 0.0967. The Labute approximate surface area is 147 Å². The molecule has 3 rings (SSSR count). The number of primary amides is 1. The summed E-state index contributed by atoms with van der Waals surface area (Å²) >= 11 is 0. The summed E-state index contributed by atoms with van der Waals surface area (Å²) in [6.45, 7) is 0. The summed E-state index contributed by atoms with van der Waals surface area (Å²) < 4.78 is 13.8. The molecule has 1 saturated heterocycles. The lowest BCUT2D eigenvalue weighted by Crippen LogP contribution is -2.49. The third kappa shape index (κ3) is 3.84. The maximum absolute atomic E-state index is 13.8. The Morgan fingerprint density at radius 1 is 1.24 bits per heavy atom. The quantitative estimate of drug-likeness (QED) is 0.850. The second kappa shape index (κ2) is 7.52. The Kier molecular flexibility index (Phi) is 5.37. The van der Waals surface area contributed by atoms with E-state index in [0.717, 1.165) is 25.7 Å². The summed E-state index contributed by atoms with van der Waals surface area (Å²) in [5, 5.41) is 0. The van der Waals surface area contributed by atoms with Crippen LogP contribution in [0.2, 0.25) is 0 Å².